The first-order valence-corrected chi connectivity index (χ1v) is 7.59. The van der Waals surface area contributed by atoms with Crippen molar-refractivity contribution >= 4 is 17.5 Å². The highest BCUT2D eigenvalue weighted by molar-refractivity contribution is 5.91. The number of carbonyl (C=O) groups excluding carboxylic acids is 2. The Bertz CT molecular complexity index is 531. The molecule has 0 fully saturated rings. The maximum atomic E-state index is 11.9. The minimum absolute atomic E-state index is 0.0173. The second kappa shape index (κ2) is 8.26. The van der Waals surface area contributed by atoms with Crippen molar-refractivity contribution in [2.45, 2.75) is 32.6 Å². The molecule has 120 valence electrons. The van der Waals surface area contributed by atoms with E-state index in [9.17, 15) is 9.59 Å². The number of nitrogens with one attached hydrogen (secondary N) is 2. The summed E-state index contributed by atoms with van der Waals surface area (Å²) in [7, 11) is 0. The van der Waals surface area contributed by atoms with Gasteiger partial charge in [-0.2, -0.15) is 0 Å². The summed E-state index contributed by atoms with van der Waals surface area (Å²) in [5.41, 5.74) is 0.715. The van der Waals surface area contributed by atoms with Gasteiger partial charge in [-0.15, -0.1) is 0 Å². The topological polar surface area (TPSA) is 76.7 Å². The van der Waals surface area contributed by atoms with Gasteiger partial charge in [0.1, 0.15) is 13.2 Å². The summed E-state index contributed by atoms with van der Waals surface area (Å²) in [4.78, 5) is 22.6. The number of benzene rings is 1. The van der Waals surface area contributed by atoms with Crippen LogP contribution in [0.15, 0.2) is 18.2 Å². The van der Waals surface area contributed by atoms with Crippen LogP contribution in [0.3, 0.4) is 0 Å². The smallest absolute Gasteiger partial charge is 0.224 e. The average Bonchev–Trinajstić information content (AvgIpc) is 2.50. The van der Waals surface area contributed by atoms with Crippen LogP contribution in [0.5, 0.6) is 11.5 Å². The predicted octanol–water partition coefficient (Wildman–Crippen LogP) is 2.09. The van der Waals surface area contributed by atoms with Crippen LogP contribution in [0.4, 0.5) is 5.69 Å². The molecule has 0 radical (unpaired) electrons. The van der Waals surface area contributed by atoms with Crippen molar-refractivity contribution in [2.24, 2.45) is 0 Å². The minimum Gasteiger partial charge on any atom is -0.486 e. The van der Waals surface area contributed by atoms with E-state index >= 15 is 0 Å². The van der Waals surface area contributed by atoms with Crippen molar-refractivity contribution in [1.82, 2.24) is 5.32 Å². The highest BCUT2D eigenvalue weighted by atomic mass is 16.6. The molecule has 1 aromatic rings. The first kappa shape index (κ1) is 16.1. The fourth-order valence-electron chi connectivity index (χ4n) is 2.20. The van der Waals surface area contributed by atoms with E-state index in [-0.39, 0.29) is 11.8 Å². The number of hydrogen-bond acceptors (Lipinski definition) is 4. The Hall–Kier alpha value is -2.24. The maximum absolute atomic E-state index is 11.9. The number of hydrogen-bond donors (Lipinski definition) is 2. The maximum Gasteiger partial charge on any atom is 0.224 e. The molecule has 1 aliphatic rings. The number of carbonyl (C=O) groups is 2. The Morgan fingerprint density at radius 3 is 2.64 bits per heavy atom. The van der Waals surface area contributed by atoms with Crippen molar-refractivity contribution in [3.63, 3.8) is 0 Å². The van der Waals surface area contributed by atoms with E-state index in [1.807, 2.05) is 6.07 Å². The zero-order valence-electron chi connectivity index (χ0n) is 12.8. The lowest BCUT2D eigenvalue weighted by atomic mass is 10.2. The van der Waals surface area contributed by atoms with E-state index in [2.05, 4.69) is 10.6 Å². The molecule has 2 amide bonds. The van der Waals surface area contributed by atoms with E-state index in [0.29, 0.717) is 43.4 Å². The summed E-state index contributed by atoms with van der Waals surface area (Å²) in [6, 6.07) is 5.39. The van der Waals surface area contributed by atoms with Crippen LogP contribution in [-0.2, 0) is 9.59 Å². The Balaban J connectivity index is 1.67. The molecular formula is C16H22N2O4. The Morgan fingerprint density at radius 2 is 1.86 bits per heavy atom. The molecule has 2 rings (SSSR count). The summed E-state index contributed by atoms with van der Waals surface area (Å²) in [6.07, 6.45) is 3.07. The van der Waals surface area contributed by atoms with Crippen molar-refractivity contribution in [2.75, 3.05) is 25.1 Å². The normalized spacial score (nSPS) is 12.6. The zero-order chi connectivity index (χ0) is 15.8. The number of fused-ring (bicyclic) bond motifs is 1. The lowest BCUT2D eigenvalue weighted by Crippen LogP contribution is -2.20. The molecule has 2 N–H and O–H groups in total. The molecular weight excluding hydrogens is 284 g/mol. The van der Waals surface area contributed by atoms with Crippen LogP contribution in [-0.4, -0.2) is 31.6 Å². The van der Waals surface area contributed by atoms with E-state index in [1.54, 1.807) is 12.1 Å². The van der Waals surface area contributed by atoms with Crippen LogP contribution in [0.2, 0.25) is 0 Å². The number of rotatable bonds is 7. The molecule has 6 heteroatoms. The van der Waals surface area contributed by atoms with E-state index in [4.69, 9.17) is 9.47 Å². The van der Waals surface area contributed by atoms with Gasteiger partial charge in [0, 0.05) is 31.6 Å². The molecule has 22 heavy (non-hydrogen) atoms. The number of amides is 2. The number of anilines is 1. The first-order valence-electron chi connectivity index (χ1n) is 7.59. The summed E-state index contributed by atoms with van der Waals surface area (Å²) >= 11 is 0. The molecule has 6 nitrogen and oxygen atoms in total. The third-order valence-electron chi connectivity index (χ3n) is 3.28. The van der Waals surface area contributed by atoms with Gasteiger partial charge in [-0.1, -0.05) is 6.42 Å². The van der Waals surface area contributed by atoms with Gasteiger partial charge >= 0.3 is 0 Å². The first-order chi connectivity index (χ1) is 10.6. The molecule has 0 saturated carbocycles. The van der Waals surface area contributed by atoms with Crippen LogP contribution < -0.4 is 20.1 Å². The lowest BCUT2D eigenvalue weighted by Gasteiger charge is -2.19. The van der Waals surface area contributed by atoms with Crippen LogP contribution in [0, 0.1) is 0 Å². The minimum atomic E-state index is -0.0174. The second-order valence-corrected chi connectivity index (χ2v) is 5.20. The largest absolute Gasteiger partial charge is 0.486 e. The average molecular weight is 306 g/mol. The number of ether oxygens (including phenoxy) is 2. The van der Waals surface area contributed by atoms with Gasteiger partial charge in [0.25, 0.3) is 0 Å². The fourth-order valence-corrected chi connectivity index (χ4v) is 2.20. The van der Waals surface area contributed by atoms with E-state index in [1.165, 1.54) is 6.92 Å². The van der Waals surface area contributed by atoms with E-state index < -0.39 is 0 Å². The Morgan fingerprint density at radius 1 is 1.09 bits per heavy atom. The van der Waals surface area contributed by atoms with Gasteiger partial charge in [-0.25, -0.2) is 0 Å². The lowest BCUT2D eigenvalue weighted by molar-refractivity contribution is -0.119. The second-order valence-electron chi connectivity index (χ2n) is 5.20. The van der Waals surface area contributed by atoms with Gasteiger partial charge in [-0.05, 0) is 25.0 Å². The van der Waals surface area contributed by atoms with Gasteiger partial charge in [0.05, 0.1) is 0 Å². The summed E-state index contributed by atoms with van der Waals surface area (Å²) in [6.45, 7) is 3.25. The van der Waals surface area contributed by atoms with Crippen LogP contribution in [0.1, 0.15) is 32.6 Å². The summed E-state index contributed by atoms with van der Waals surface area (Å²) in [5, 5.41) is 5.59. The van der Waals surface area contributed by atoms with Gasteiger partial charge in [0.15, 0.2) is 11.5 Å². The molecule has 0 unspecified atom stereocenters. The molecule has 0 saturated heterocycles. The molecule has 0 spiro atoms. The fraction of sp³-hybridized carbons (Fsp3) is 0.500. The quantitative estimate of drug-likeness (QED) is 0.756. The van der Waals surface area contributed by atoms with Crippen molar-refractivity contribution < 1.29 is 19.1 Å². The Kier molecular flexibility index (Phi) is 6.06. The van der Waals surface area contributed by atoms with Crippen molar-refractivity contribution in [3.8, 4) is 11.5 Å². The van der Waals surface area contributed by atoms with Gasteiger partial charge < -0.3 is 20.1 Å². The SMILES string of the molecule is CC(=O)NCCCCCC(=O)Nc1ccc2c(c1)OCCO2. The van der Waals surface area contributed by atoms with Gasteiger partial charge in [-0.3, -0.25) is 9.59 Å². The predicted molar refractivity (Wildman–Crippen MR) is 83.2 cm³/mol. The van der Waals surface area contributed by atoms with E-state index in [0.717, 1.165) is 19.3 Å². The third kappa shape index (κ3) is 5.27. The monoisotopic (exact) mass is 306 g/mol. The van der Waals surface area contributed by atoms with Crippen molar-refractivity contribution in [3.05, 3.63) is 18.2 Å². The molecule has 0 aromatic heterocycles. The number of unbranched alkanes of at least 4 members (excludes halogenated alkanes) is 2. The highest BCUT2D eigenvalue weighted by Gasteiger charge is 2.12. The van der Waals surface area contributed by atoms with Crippen molar-refractivity contribution in [1.29, 1.82) is 0 Å². The molecule has 0 bridgehead atoms. The molecule has 1 aliphatic heterocycles. The summed E-state index contributed by atoms with van der Waals surface area (Å²) < 4.78 is 10.9. The van der Waals surface area contributed by atoms with Crippen LogP contribution >= 0.6 is 0 Å². The molecule has 0 aliphatic carbocycles. The third-order valence-corrected chi connectivity index (χ3v) is 3.28. The summed E-state index contributed by atoms with van der Waals surface area (Å²) in [5.74, 6) is 1.34. The highest BCUT2D eigenvalue weighted by Crippen LogP contribution is 2.32. The molecule has 1 aromatic carbocycles. The van der Waals surface area contributed by atoms with Crippen LogP contribution in [0.25, 0.3) is 0 Å². The zero-order valence-corrected chi connectivity index (χ0v) is 12.8. The standard InChI is InChI=1S/C16H22N2O4/c1-12(19)17-8-4-2-3-5-16(20)18-13-6-7-14-15(11-13)22-10-9-21-14/h6-7,11H,2-5,8-10H2,1H3,(H,17,19)(H,18,20). The Labute approximate surface area is 130 Å². The van der Waals surface area contributed by atoms with Gasteiger partial charge in [0.2, 0.25) is 11.8 Å². The molecule has 0 atom stereocenters. The molecule has 1 heterocycles.